The molecule has 5 aromatic rings. The van der Waals surface area contributed by atoms with Gasteiger partial charge in [0.2, 0.25) is 5.91 Å². The molecule has 0 bridgehead atoms. The van der Waals surface area contributed by atoms with Crippen LogP contribution in [0.4, 0.5) is 0 Å². The fourth-order valence-electron chi connectivity index (χ4n) is 4.31. The average molecular weight is 466 g/mol. The third-order valence-corrected chi connectivity index (χ3v) is 6.15. The van der Waals surface area contributed by atoms with Gasteiger partial charge in [0.05, 0.1) is 28.3 Å². The molecule has 5 rings (SSSR count). The number of para-hydroxylation sites is 3. The number of nitrogens with zero attached hydrogens (tertiary/aromatic N) is 3. The number of unbranched alkanes of at least 4 members (excludes halogenated alkanes) is 2. The first-order valence-corrected chi connectivity index (χ1v) is 11.9. The maximum absolute atomic E-state index is 12.8. The van der Waals surface area contributed by atoms with Crippen LogP contribution in [0.5, 0.6) is 0 Å². The minimum absolute atomic E-state index is 0.0233. The van der Waals surface area contributed by atoms with E-state index in [1.807, 2.05) is 72.8 Å². The number of aromatic nitrogens is 4. The molecule has 35 heavy (non-hydrogen) atoms. The van der Waals surface area contributed by atoms with Gasteiger partial charge in [-0.3, -0.25) is 14.2 Å². The number of imidazole rings is 1. The van der Waals surface area contributed by atoms with E-state index in [1.165, 1.54) is 0 Å². The van der Waals surface area contributed by atoms with Crippen LogP contribution in [0.25, 0.3) is 21.9 Å². The normalized spacial score (nSPS) is 12.1. The topological polar surface area (TPSA) is 92.7 Å². The molecule has 0 saturated heterocycles. The van der Waals surface area contributed by atoms with Crippen molar-refractivity contribution in [3.05, 3.63) is 107 Å². The van der Waals surface area contributed by atoms with Crippen molar-refractivity contribution in [3.8, 4) is 0 Å². The van der Waals surface area contributed by atoms with Crippen molar-refractivity contribution >= 4 is 27.8 Å². The lowest BCUT2D eigenvalue weighted by Gasteiger charge is -2.17. The maximum atomic E-state index is 12.8. The number of carbonyl (C=O) groups excluding carboxylic acids is 1. The molecule has 0 aliphatic rings. The highest BCUT2D eigenvalue weighted by Gasteiger charge is 2.20. The Morgan fingerprint density at radius 2 is 1.63 bits per heavy atom. The van der Waals surface area contributed by atoms with Gasteiger partial charge in [-0.1, -0.05) is 61.0 Å². The summed E-state index contributed by atoms with van der Waals surface area (Å²) in [5.74, 6) is 0.692. The minimum atomic E-state index is -0.349. The summed E-state index contributed by atoms with van der Waals surface area (Å²) < 4.78 is 1.65. The van der Waals surface area contributed by atoms with Gasteiger partial charge in [-0.05, 0) is 42.7 Å². The van der Waals surface area contributed by atoms with Gasteiger partial charge in [-0.25, -0.2) is 9.97 Å². The third kappa shape index (κ3) is 5.14. The average Bonchev–Trinajstić information content (AvgIpc) is 3.33. The Morgan fingerprint density at radius 3 is 2.46 bits per heavy atom. The molecule has 1 atom stereocenters. The second-order valence-electron chi connectivity index (χ2n) is 8.62. The zero-order valence-electron chi connectivity index (χ0n) is 19.4. The van der Waals surface area contributed by atoms with Crippen LogP contribution >= 0.6 is 0 Å². The first kappa shape index (κ1) is 22.5. The molecule has 3 aromatic carbocycles. The summed E-state index contributed by atoms with van der Waals surface area (Å²) in [7, 11) is 0. The van der Waals surface area contributed by atoms with E-state index in [2.05, 4.69) is 15.3 Å². The minimum Gasteiger partial charge on any atom is -0.342 e. The molecule has 2 heterocycles. The van der Waals surface area contributed by atoms with E-state index >= 15 is 0 Å². The van der Waals surface area contributed by atoms with Gasteiger partial charge in [0.1, 0.15) is 11.9 Å². The number of aromatic amines is 1. The van der Waals surface area contributed by atoms with Crippen LogP contribution in [0.15, 0.2) is 90.0 Å². The standard InChI is InChI=1S/C28H27N5O2/c34-25(17-5-2-10-18-33-19-29-22-14-7-6-13-21(22)28(33)35)32-26(20-11-3-1-4-12-20)27-30-23-15-8-9-16-24(23)31-27/h1,3-4,6-9,11-16,19,26H,2,5,10,17-18H2,(H,30,31)(H,32,34)/t26-/m1/s1. The molecule has 0 saturated carbocycles. The largest absolute Gasteiger partial charge is 0.342 e. The Kier molecular flexibility index (Phi) is 6.66. The zero-order chi connectivity index (χ0) is 24.0. The Morgan fingerprint density at radius 1 is 0.886 bits per heavy atom. The van der Waals surface area contributed by atoms with E-state index in [1.54, 1.807) is 17.0 Å². The lowest BCUT2D eigenvalue weighted by molar-refractivity contribution is -0.121. The molecular weight excluding hydrogens is 438 g/mol. The molecule has 7 heteroatoms. The molecule has 0 fully saturated rings. The molecule has 1 amide bonds. The highest BCUT2D eigenvalue weighted by molar-refractivity contribution is 5.78. The molecule has 0 unspecified atom stereocenters. The van der Waals surface area contributed by atoms with Crippen molar-refractivity contribution in [2.45, 2.75) is 38.3 Å². The van der Waals surface area contributed by atoms with Crippen LogP contribution in [-0.4, -0.2) is 25.4 Å². The van der Waals surface area contributed by atoms with Crippen LogP contribution in [0.2, 0.25) is 0 Å². The predicted octanol–water partition coefficient (Wildman–Crippen LogP) is 4.74. The smallest absolute Gasteiger partial charge is 0.261 e. The highest BCUT2D eigenvalue weighted by atomic mass is 16.1. The van der Waals surface area contributed by atoms with E-state index in [9.17, 15) is 9.59 Å². The summed E-state index contributed by atoms with van der Waals surface area (Å²) in [5.41, 5.74) is 3.48. The third-order valence-electron chi connectivity index (χ3n) is 6.15. The molecule has 7 nitrogen and oxygen atoms in total. The number of amides is 1. The van der Waals surface area contributed by atoms with Gasteiger partial charge in [-0.15, -0.1) is 0 Å². The van der Waals surface area contributed by atoms with Crippen LogP contribution in [-0.2, 0) is 11.3 Å². The number of hydrogen-bond donors (Lipinski definition) is 2. The Bertz CT molecular complexity index is 1470. The summed E-state index contributed by atoms with van der Waals surface area (Å²) in [6, 6.07) is 24.7. The maximum Gasteiger partial charge on any atom is 0.261 e. The molecule has 2 N–H and O–H groups in total. The van der Waals surface area contributed by atoms with Crippen molar-refractivity contribution in [1.29, 1.82) is 0 Å². The van der Waals surface area contributed by atoms with Crippen LogP contribution in [0, 0.1) is 0 Å². The number of fused-ring (bicyclic) bond motifs is 2. The number of aryl methyl sites for hydroxylation is 1. The molecule has 0 radical (unpaired) electrons. The van der Waals surface area contributed by atoms with Crippen molar-refractivity contribution in [2.75, 3.05) is 0 Å². The molecule has 2 aromatic heterocycles. The van der Waals surface area contributed by atoms with Crippen LogP contribution in [0.3, 0.4) is 0 Å². The van der Waals surface area contributed by atoms with E-state index in [4.69, 9.17) is 4.98 Å². The lowest BCUT2D eigenvalue weighted by Crippen LogP contribution is -2.29. The molecule has 176 valence electrons. The Balaban J connectivity index is 1.18. The number of hydrogen-bond acceptors (Lipinski definition) is 4. The lowest BCUT2D eigenvalue weighted by atomic mass is 10.1. The Labute approximate surface area is 202 Å². The van der Waals surface area contributed by atoms with Gasteiger partial charge in [0.25, 0.3) is 5.56 Å². The number of carbonyl (C=O) groups is 1. The van der Waals surface area contributed by atoms with Crippen molar-refractivity contribution in [2.24, 2.45) is 0 Å². The predicted molar refractivity (Wildman–Crippen MR) is 137 cm³/mol. The zero-order valence-corrected chi connectivity index (χ0v) is 19.4. The van der Waals surface area contributed by atoms with Crippen LogP contribution < -0.4 is 10.9 Å². The summed E-state index contributed by atoms with van der Waals surface area (Å²) in [4.78, 5) is 37.9. The van der Waals surface area contributed by atoms with Crippen molar-refractivity contribution in [3.63, 3.8) is 0 Å². The number of nitrogens with one attached hydrogen (secondary N) is 2. The van der Waals surface area contributed by atoms with Gasteiger partial charge in [0, 0.05) is 13.0 Å². The Hall–Kier alpha value is -4.26. The summed E-state index contributed by atoms with van der Waals surface area (Å²) in [5, 5.41) is 3.78. The van der Waals surface area contributed by atoms with E-state index in [0.29, 0.717) is 29.7 Å². The SMILES string of the molecule is O=C(CCCCCn1cnc2ccccc2c1=O)N[C@H](c1ccccc1)c1nc2ccccc2[nH]1. The first-order valence-electron chi connectivity index (χ1n) is 11.9. The van der Waals surface area contributed by atoms with Crippen molar-refractivity contribution < 1.29 is 4.79 Å². The highest BCUT2D eigenvalue weighted by Crippen LogP contribution is 2.23. The molecular formula is C28H27N5O2. The van der Waals surface area contributed by atoms with E-state index < -0.39 is 0 Å². The molecule has 0 aliphatic heterocycles. The fraction of sp³-hybridized carbons (Fsp3) is 0.214. The first-order chi connectivity index (χ1) is 17.2. The number of rotatable bonds is 9. The monoisotopic (exact) mass is 465 g/mol. The number of benzene rings is 3. The van der Waals surface area contributed by atoms with Gasteiger partial charge in [0.15, 0.2) is 0 Å². The summed E-state index contributed by atoms with van der Waals surface area (Å²) in [6.07, 6.45) is 4.40. The summed E-state index contributed by atoms with van der Waals surface area (Å²) >= 11 is 0. The van der Waals surface area contributed by atoms with Gasteiger partial charge in [-0.2, -0.15) is 0 Å². The summed E-state index contributed by atoms with van der Waals surface area (Å²) in [6.45, 7) is 0.587. The quantitative estimate of drug-likeness (QED) is 0.308. The molecule has 0 aliphatic carbocycles. The number of H-pyrrole nitrogens is 1. The van der Waals surface area contributed by atoms with Gasteiger partial charge >= 0.3 is 0 Å². The second-order valence-corrected chi connectivity index (χ2v) is 8.62. The van der Waals surface area contributed by atoms with Crippen LogP contribution in [0.1, 0.15) is 43.1 Å². The second kappa shape index (κ2) is 10.3. The van der Waals surface area contributed by atoms with Crippen molar-refractivity contribution in [1.82, 2.24) is 24.8 Å². The fourth-order valence-corrected chi connectivity index (χ4v) is 4.31. The van der Waals surface area contributed by atoms with Gasteiger partial charge < -0.3 is 10.3 Å². The molecule has 0 spiro atoms. The van der Waals surface area contributed by atoms with E-state index in [0.717, 1.165) is 35.9 Å². The van der Waals surface area contributed by atoms with E-state index in [-0.39, 0.29) is 17.5 Å².